The Kier molecular flexibility index (Phi) is 7.57. The number of carboxylic acids is 1. The first-order chi connectivity index (χ1) is 8.68. The first-order valence-electron chi connectivity index (χ1n) is 5.46. The molecule has 0 aliphatic carbocycles. The average Bonchev–Trinajstić information content (AvgIpc) is 3.02. The minimum absolute atomic E-state index is 0.0395. The molecule has 7 heteroatoms. The van der Waals surface area contributed by atoms with Gasteiger partial charge in [-0.25, -0.2) is 14.5 Å². The molecule has 0 saturated heterocycles. The lowest BCUT2D eigenvalue weighted by molar-refractivity contribution is 0.0690. The Morgan fingerprint density at radius 1 is 1.44 bits per heavy atom. The van der Waals surface area contributed by atoms with Gasteiger partial charge in [0, 0.05) is 17.3 Å². The second-order valence-electron chi connectivity index (χ2n) is 2.70. The third kappa shape index (κ3) is 3.94. The van der Waals surface area contributed by atoms with E-state index in [1.165, 1.54) is 29.1 Å². The van der Waals surface area contributed by atoms with Crippen molar-refractivity contribution in [2.75, 3.05) is 7.05 Å². The fourth-order valence-corrected chi connectivity index (χ4v) is 1.74. The van der Waals surface area contributed by atoms with Crippen LogP contribution in [0.1, 0.15) is 30.0 Å². The van der Waals surface area contributed by atoms with Gasteiger partial charge in [0.25, 0.3) is 0 Å². The van der Waals surface area contributed by atoms with E-state index < -0.39 is 5.97 Å². The van der Waals surface area contributed by atoms with Crippen LogP contribution in [0.15, 0.2) is 17.6 Å². The van der Waals surface area contributed by atoms with Crippen LogP contribution in [0, 0.1) is 6.92 Å². The van der Waals surface area contributed by atoms with Crippen LogP contribution in [0.3, 0.4) is 0 Å². The van der Waals surface area contributed by atoms with Gasteiger partial charge in [0.15, 0.2) is 5.69 Å². The molecule has 0 aliphatic rings. The number of aromatic carboxylic acids is 1. The maximum Gasteiger partial charge on any atom is 0.356 e. The van der Waals surface area contributed by atoms with Crippen molar-refractivity contribution in [2.45, 2.75) is 20.8 Å². The Morgan fingerprint density at radius 2 is 2.06 bits per heavy atom. The molecule has 2 rings (SSSR count). The number of nitrogens with zero attached hydrogens (tertiary/aromatic N) is 3. The maximum absolute atomic E-state index is 10.6. The van der Waals surface area contributed by atoms with Crippen LogP contribution >= 0.6 is 11.3 Å². The Morgan fingerprint density at radius 3 is 2.44 bits per heavy atom. The normalized spacial score (nSPS) is 8.72. The van der Waals surface area contributed by atoms with Crippen molar-refractivity contribution >= 4 is 17.3 Å². The molecule has 0 atom stereocenters. The molecule has 0 aliphatic heterocycles. The fourth-order valence-electron chi connectivity index (χ4n) is 1.09. The second kappa shape index (κ2) is 8.37. The van der Waals surface area contributed by atoms with Crippen LogP contribution < -0.4 is 5.73 Å². The summed E-state index contributed by atoms with van der Waals surface area (Å²) in [7, 11) is 1.50. The number of thiazole rings is 1. The highest BCUT2D eigenvalue weighted by Crippen LogP contribution is 2.14. The average molecular weight is 270 g/mol. The molecule has 0 fully saturated rings. The highest BCUT2D eigenvalue weighted by molar-refractivity contribution is 7.12. The van der Waals surface area contributed by atoms with Crippen LogP contribution in [0.25, 0.3) is 5.13 Å². The molecule has 0 aromatic carbocycles. The van der Waals surface area contributed by atoms with E-state index in [0.717, 1.165) is 5.69 Å². The van der Waals surface area contributed by atoms with Gasteiger partial charge < -0.3 is 10.8 Å². The van der Waals surface area contributed by atoms with Crippen molar-refractivity contribution in [3.05, 3.63) is 29.0 Å². The summed E-state index contributed by atoms with van der Waals surface area (Å²) in [5, 5.41) is 15.1. The summed E-state index contributed by atoms with van der Waals surface area (Å²) in [5.74, 6) is -1.02. The van der Waals surface area contributed by atoms with Gasteiger partial charge in [-0.3, -0.25) is 0 Å². The van der Waals surface area contributed by atoms with Gasteiger partial charge in [-0.05, 0) is 20.0 Å². The fraction of sp³-hybridized carbons (Fsp3) is 0.364. The van der Waals surface area contributed by atoms with E-state index in [1.54, 1.807) is 13.1 Å². The van der Waals surface area contributed by atoms with Crippen molar-refractivity contribution in [2.24, 2.45) is 5.73 Å². The summed E-state index contributed by atoms with van der Waals surface area (Å²) in [6.45, 7) is 5.79. The number of carbonyl (C=O) groups is 1. The molecule has 3 N–H and O–H groups in total. The zero-order chi connectivity index (χ0) is 14.1. The van der Waals surface area contributed by atoms with E-state index in [2.05, 4.69) is 15.8 Å². The van der Waals surface area contributed by atoms with Gasteiger partial charge in [0.05, 0.1) is 0 Å². The van der Waals surface area contributed by atoms with Gasteiger partial charge in [0.1, 0.15) is 0 Å². The molecule has 18 heavy (non-hydrogen) atoms. The predicted octanol–water partition coefficient (Wildman–Crippen LogP) is 1.94. The van der Waals surface area contributed by atoms with E-state index in [-0.39, 0.29) is 5.69 Å². The van der Waals surface area contributed by atoms with Crippen molar-refractivity contribution in [1.82, 2.24) is 14.8 Å². The summed E-state index contributed by atoms with van der Waals surface area (Å²) in [4.78, 5) is 14.7. The monoisotopic (exact) mass is 270 g/mol. The van der Waals surface area contributed by atoms with Gasteiger partial charge in [0.2, 0.25) is 5.13 Å². The molecule has 2 heterocycles. The first kappa shape index (κ1) is 16.3. The number of rotatable bonds is 2. The molecular formula is C11H18N4O2S. The number of aromatic nitrogens is 3. The largest absolute Gasteiger partial charge is 0.476 e. The van der Waals surface area contributed by atoms with Crippen LogP contribution in [0.2, 0.25) is 0 Å². The number of nitrogens with two attached hydrogens (primary N) is 1. The van der Waals surface area contributed by atoms with Crippen LogP contribution in [-0.4, -0.2) is 32.9 Å². The van der Waals surface area contributed by atoms with Gasteiger partial charge in [-0.2, -0.15) is 5.10 Å². The quantitative estimate of drug-likeness (QED) is 0.869. The van der Waals surface area contributed by atoms with Crippen LogP contribution in [0.4, 0.5) is 0 Å². The van der Waals surface area contributed by atoms with Crippen LogP contribution in [0.5, 0.6) is 0 Å². The number of aryl methyl sites for hydroxylation is 1. The standard InChI is InChI=1S/C8H7N3O2S.C2H6.CH5N/c1-5-4-6(7(12)13)10-11(5)8-9-2-3-14-8;2*1-2/h2-4H,1H3,(H,12,13);1-2H3;2H2,1H3. The Hall–Kier alpha value is -1.73. The van der Waals surface area contributed by atoms with E-state index in [0.29, 0.717) is 5.13 Å². The Balaban J connectivity index is 0.000000659. The topological polar surface area (TPSA) is 94.0 Å². The maximum atomic E-state index is 10.6. The van der Waals surface area contributed by atoms with E-state index >= 15 is 0 Å². The second-order valence-corrected chi connectivity index (χ2v) is 3.58. The molecule has 0 spiro atoms. The Labute approximate surface area is 110 Å². The molecule has 0 radical (unpaired) electrons. The lowest BCUT2D eigenvalue weighted by Crippen LogP contribution is -2.01. The van der Waals surface area contributed by atoms with E-state index in [9.17, 15) is 4.79 Å². The zero-order valence-corrected chi connectivity index (χ0v) is 11.7. The third-order valence-corrected chi connectivity index (χ3v) is 2.45. The SMILES string of the molecule is CC.CN.Cc1cc(C(=O)O)nn1-c1nccs1. The van der Waals surface area contributed by atoms with Crippen molar-refractivity contribution in [1.29, 1.82) is 0 Å². The minimum atomic E-state index is -1.02. The van der Waals surface area contributed by atoms with Crippen molar-refractivity contribution < 1.29 is 9.90 Å². The van der Waals surface area contributed by atoms with Gasteiger partial charge >= 0.3 is 5.97 Å². The summed E-state index contributed by atoms with van der Waals surface area (Å²) in [6, 6.07) is 1.52. The number of carboxylic acid groups (broad SMARTS) is 1. The molecule has 2 aromatic heterocycles. The summed E-state index contributed by atoms with van der Waals surface area (Å²) >= 11 is 1.41. The predicted molar refractivity (Wildman–Crippen MR) is 72.4 cm³/mol. The van der Waals surface area contributed by atoms with Gasteiger partial charge in [-0.1, -0.05) is 13.8 Å². The lowest BCUT2D eigenvalue weighted by Gasteiger charge is -1.96. The third-order valence-electron chi connectivity index (χ3n) is 1.71. The Bertz CT molecular complexity index is 465. The van der Waals surface area contributed by atoms with Crippen molar-refractivity contribution in [3.8, 4) is 5.13 Å². The molecular weight excluding hydrogens is 252 g/mol. The van der Waals surface area contributed by atoms with Crippen molar-refractivity contribution in [3.63, 3.8) is 0 Å². The highest BCUT2D eigenvalue weighted by atomic mass is 32.1. The van der Waals surface area contributed by atoms with E-state index in [1.807, 2.05) is 19.2 Å². The van der Waals surface area contributed by atoms with Gasteiger partial charge in [-0.15, -0.1) is 11.3 Å². The summed E-state index contributed by atoms with van der Waals surface area (Å²) in [6.07, 6.45) is 1.65. The molecule has 2 aromatic rings. The lowest BCUT2D eigenvalue weighted by atomic mass is 10.4. The smallest absolute Gasteiger partial charge is 0.356 e. The zero-order valence-electron chi connectivity index (χ0n) is 10.9. The number of hydrogen-bond donors (Lipinski definition) is 2. The first-order valence-corrected chi connectivity index (χ1v) is 6.34. The molecule has 0 amide bonds. The van der Waals surface area contributed by atoms with Crippen LogP contribution in [-0.2, 0) is 0 Å². The summed E-state index contributed by atoms with van der Waals surface area (Å²) < 4.78 is 1.52. The minimum Gasteiger partial charge on any atom is -0.476 e. The molecule has 0 saturated carbocycles. The molecule has 0 unspecified atom stereocenters. The molecule has 100 valence electrons. The highest BCUT2D eigenvalue weighted by Gasteiger charge is 2.12. The molecule has 6 nitrogen and oxygen atoms in total. The summed E-state index contributed by atoms with van der Waals surface area (Å²) in [5.41, 5.74) is 5.30. The number of hydrogen-bond acceptors (Lipinski definition) is 5. The molecule has 0 bridgehead atoms. The van der Waals surface area contributed by atoms with E-state index in [4.69, 9.17) is 5.11 Å².